The summed E-state index contributed by atoms with van der Waals surface area (Å²) < 4.78 is 18.3. The van der Waals surface area contributed by atoms with Gasteiger partial charge in [-0.3, -0.25) is 0 Å². The molecule has 1 N–H and O–H groups in total. The highest BCUT2D eigenvalue weighted by Gasteiger charge is 2.52. The highest BCUT2D eigenvalue weighted by atomic mass is 19.1. The zero-order valence-electron chi connectivity index (χ0n) is 20.1. The molecule has 35 heavy (non-hydrogen) atoms. The molecule has 0 saturated carbocycles. The Bertz CT molecular complexity index is 1510. The Kier molecular flexibility index (Phi) is 4.07. The largest absolute Gasteiger partial charge is 0.362 e. The Morgan fingerprint density at radius 1 is 1.11 bits per heavy atom. The molecule has 1 aliphatic carbocycles. The van der Waals surface area contributed by atoms with Crippen LogP contribution in [0.2, 0.25) is 0 Å². The van der Waals surface area contributed by atoms with Crippen LogP contribution in [0, 0.1) is 0 Å². The van der Waals surface area contributed by atoms with Crippen molar-refractivity contribution in [1.82, 2.24) is 24.7 Å². The third kappa shape index (κ3) is 2.61. The van der Waals surface area contributed by atoms with Gasteiger partial charge >= 0.3 is 0 Å². The molecule has 0 spiro atoms. The molecule has 0 radical (unpaired) electrons. The quantitative estimate of drug-likeness (QED) is 0.451. The topological polar surface area (TPSA) is 62.6 Å². The molecule has 2 unspecified atom stereocenters. The number of aromatic nitrogens is 5. The number of H-pyrrole nitrogens is 1. The molecule has 2 aliphatic heterocycles. The van der Waals surface area contributed by atoms with E-state index in [9.17, 15) is 0 Å². The van der Waals surface area contributed by atoms with Gasteiger partial charge in [0.05, 0.1) is 28.2 Å². The average molecular weight is 467 g/mol. The molecule has 176 valence electrons. The molecule has 7 heteroatoms. The van der Waals surface area contributed by atoms with Crippen LogP contribution in [-0.2, 0) is 30.5 Å². The van der Waals surface area contributed by atoms with Gasteiger partial charge in [-0.25, -0.2) is 19.0 Å². The molecule has 3 aliphatic rings. The maximum Gasteiger partial charge on any atom is 0.225 e. The summed E-state index contributed by atoms with van der Waals surface area (Å²) in [5.74, 6) is 0.729. The second-order valence-electron chi connectivity index (χ2n) is 10.1. The number of nitrogens with one attached hydrogen (secondary N) is 1. The van der Waals surface area contributed by atoms with Gasteiger partial charge in [-0.2, -0.15) is 5.10 Å². The summed E-state index contributed by atoms with van der Waals surface area (Å²) in [7, 11) is 0. The highest BCUT2D eigenvalue weighted by molar-refractivity contribution is 5.89. The van der Waals surface area contributed by atoms with Crippen molar-refractivity contribution in [3.05, 3.63) is 94.3 Å². The number of hydrogen-bond donors (Lipinski definition) is 1. The van der Waals surface area contributed by atoms with Crippen molar-refractivity contribution in [2.24, 2.45) is 0 Å². The van der Waals surface area contributed by atoms with Gasteiger partial charge in [0, 0.05) is 49.2 Å². The van der Waals surface area contributed by atoms with E-state index in [0.29, 0.717) is 12.2 Å². The molecule has 3 aromatic heterocycles. The lowest BCUT2D eigenvalue weighted by molar-refractivity contribution is 0.248. The summed E-state index contributed by atoms with van der Waals surface area (Å²) in [6.45, 7) is 7.53. The van der Waals surface area contributed by atoms with E-state index in [1.807, 2.05) is 24.4 Å². The number of hydrogen-bond acceptors (Lipinski definition) is 4. The first kappa shape index (κ1) is 20.6. The van der Waals surface area contributed by atoms with E-state index in [1.54, 1.807) is 19.3 Å². The van der Waals surface area contributed by atoms with Crippen molar-refractivity contribution in [1.29, 1.82) is 0 Å². The lowest BCUT2D eigenvalue weighted by Gasteiger charge is -2.44. The number of anilines is 1. The van der Waals surface area contributed by atoms with Gasteiger partial charge in [0.2, 0.25) is 5.95 Å². The fraction of sp³-hybridized carbons (Fsp3) is 0.321. The number of nitrogens with zero attached hydrogens (tertiary/aromatic N) is 5. The Morgan fingerprint density at radius 2 is 1.94 bits per heavy atom. The standard InChI is InChI=1S/C28H27FN6/c1-4-17-7-5-8-18-21-15-27(2,29)24-20(9-13-30-24)28(21,3)25-19-16-34(26-31-11-6-12-32-26)14-10-22(19)33-35(25)23(17)18/h5-9,11-13,15,30H,4,10,14,16H2,1-3H3. The van der Waals surface area contributed by atoms with Gasteiger partial charge in [-0.05, 0) is 55.2 Å². The Hall–Kier alpha value is -3.74. The summed E-state index contributed by atoms with van der Waals surface area (Å²) in [6, 6.07) is 10.3. The molecule has 0 bridgehead atoms. The van der Waals surface area contributed by atoms with Gasteiger partial charge in [0.15, 0.2) is 5.67 Å². The average Bonchev–Trinajstić information content (AvgIpc) is 3.52. The molecule has 5 heterocycles. The number of rotatable bonds is 2. The van der Waals surface area contributed by atoms with E-state index in [-0.39, 0.29) is 0 Å². The Balaban J connectivity index is 1.54. The van der Waals surface area contributed by atoms with Crippen molar-refractivity contribution < 1.29 is 4.39 Å². The lowest BCUT2D eigenvalue weighted by atomic mass is 9.62. The van der Waals surface area contributed by atoms with E-state index >= 15 is 4.39 Å². The summed E-state index contributed by atoms with van der Waals surface area (Å²) in [6.07, 6.45) is 8.95. The number of aromatic amines is 1. The molecule has 0 saturated heterocycles. The zero-order chi connectivity index (χ0) is 23.9. The minimum atomic E-state index is -1.58. The van der Waals surface area contributed by atoms with Crippen LogP contribution in [0.3, 0.4) is 0 Å². The molecule has 2 atom stereocenters. The molecule has 7 rings (SSSR count). The van der Waals surface area contributed by atoms with Gasteiger partial charge in [0.25, 0.3) is 0 Å². The van der Waals surface area contributed by atoms with Crippen molar-refractivity contribution in [2.45, 2.75) is 51.2 Å². The first-order chi connectivity index (χ1) is 16.9. The Labute approximate surface area is 203 Å². The fourth-order valence-electron chi connectivity index (χ4n) is 6.44. The van der Waals surface area contributed by atoms with Crippen LogP contribution in [0.25, 0.3) is 11.3 Å². The lowest BCUT2D eigenvalue weighted by Crippen LogP contribution is -2.41. The predicted octanol–water partition coefficient (Wildman–Crippen LogP) is 5.02. The monoisotopic (exact) mass is 466 g/mol. The molecular formula is C28H27FN6. The number of para-hydroxylation sites is 1. The third-order valence-electron chi connectivity index (χ3n) is 8.07. The molecule has 4 aromatic rings. The first-order valence-electron chi connectivity index (χ1n) is 12.3. The van der Waals surface area contributed by atoms with E-state index in [4.69, 9.17) is 5.10 Å². The number of alkyl halides is 1. The SMILES string of the molecule is CCc1cccc2c1-n1nc3c(c1C1(C)C2=CC(C)(F)c2[nH]ccc21)CN(c1ncccn1)CC3. The second kappa shape index (κ2) is 6.90. The van der Waals surface area contributed by atoms with Crippen molar-refractivity contribution in [2.75, 3.05) is 11.4 Å². The maximum atomic E-state index is 16.1. The molecular weight excluding hydrogens is 439 g/mol. The Morgan fingerprint density at radius 3 is 2.74 bits per heavy atom. The van der Waals surface area contributed by atoms with E-state index < -0.39 is 11.1 Å². The number of allylic oxidation sites excluding steroid dienone is 2. The van der Waals surface area contributed by atoms with Crippen LogP contribution in [0.1, 0.15) is 60.1 Å². The summed E-state index contributed by atoms with van der Waals surface area (Å²) in [4.78, 5) is 14.4. The minimum Gasteiger partial charge on any atom is -0.362 e. The normalized spacial score (nSPS) is 24.1. The number of benzene rings is 1. The van der Waals surface area contributed by atoms with Crippen LogP contribution in [0.5, 0.6) is 0 Å². The smallest absolute Gasteiger partial charge is 0.225 e. The van der Waals surface area contributed by atoms with Crippen LogP contribution in [0.4, 0.5) is 10.3 Å². The number of halogens is 1. The number of fused-ring (bicyclic) bond motifs is 10. The first-order valence-corrected chi connectivity index (χ1v) is 12.3. The van der Waals surface area contributed by atoms with Crippen LogP contribution in [0.15, 0.2) is 55.0 Å². The van der Waals surface area contributed by atoms with Crippen LogP contribution >= 0.6 is 0 Å². The van der Waals surface area contributed by atoms with E-state index in [0.717, 1.165) is 59.1 Å². The summed E-state index contributed by atoms with van der Waals surface area (Å²) >= 11 is 0. The molecule has 1 aromatic carbocycles. The van der Waals surface area contributed by atoms with Gasteiger partial charge < -0.3 is 9.88 Å². The van der Waals surface area contributed by atoms with Crippen LogP contribution in [-0.4, -0.2) is 31.3 Å². The third-order valence-corrected chi connectivity index (χ3v) is 8.07. The predicted molar refractivity (Wildman–Crippen MR) is 133 cm³/mol. The zero-order valence-corrected chi connectivity index (χ0v) is 20.1. The van der Waals surface area contributed by atoms with Gasteiger partial charge in [-0.1, -0.05) is 25.1 Å². The second-order valence-corrected chi connectivity index (χ2v) is 10.1. The maximum absolute atomic E-state index is 16.1. The summed E-state index contributed by atoms with van der Waals surface area (Å²) in [5.41, 5.74) is 7.30. The summed E-state index contributed by atoms with van der Waals surface area (Å²) in [5, 5.41) is 5.22. The van der Waals surface area contributed by atoms with Gasteiger partial charge in [-0.15, -0.1) is 0 Å². The van der Waals surface area contributed by atoms with Gasteiger partial charge in [0.1, 0.15) is 0 Å². The van der Waals surface area contributed by atoms with Crippen molar-refractivity contribution in [3.8, 4) is 5.69 Å². The molecule has 0 amide bonds. The van der Waals surface area contributed by atoms with E-state index in [2.05, 4.69) is 56.6 Å². The van der Waals surface area contributed by atoms with Crippen molar-refractivity contribution >= 4 is 11.5 Å². The van der Waals surface area contributed by atoms with Crippen molar-refractivity contribution in [3.63, 3.8) is 0 Å². The fourth-order valence-corrected chi connectivity index (χ4v) is 6.44. The number of aryl methyl sites for hydroxylation is 1. The molecule has 0 fully saturated rings. The molecule has 6 nitrogen and oxygen atoms in total. The van der Waals surface area contributed by atoms with E-state index in [1.165, 1.54) is 11.1 Å². The minimum absolute atomic E-state index is 0.540. The van der Waals surface area contributed by atoms with Crippen LogP contribution < -0.4 is 4.90 Å². The highest BCUT2D eigenvalue weighted by Crippen LogP contribution is 2.57.